The van der Waals surface area contributed by atoms with Crippen molar-refractivity contribution in [2.24, 2.45) is 5.92 Å². The van der Waals surface area contributed by atoms with E-state index in [0.29, 0.717) is 5.41 Å². The molecule has 1 heteroatoms. The largest absolute Gasteiger partial charge is 0.378 e. The van der Waals surface area contributed by atoms with E-state index in [1.54, 1.807) is 5.56 Å². The molecule has 3 unspecified atom stereocenters. The third-order valence-corrected chi connectivity index (χ3v) is 6.01. The maximum absolute atomic E-state index is 3.91. The summed E-state index contributed by atoms with van der Waals surface area (Å²) in [6, 6.07) is 8.97. The highest BCUT2D eigenvalue weighted by Gasteiger charge is 2.56. The van der Waals surface area contributed by atoms with E-state index in [9.17, 15) is 0 Å². The van der Waals surface area contributed by atoms with Gasteiger partial charge in [-0.15, -0.1) is 0 Å². The zero-order chi connectivity index (χ0) is 13.5. The van der Waals surface area contributed by atoms with Crippen molar-refractivity contribution in [2.75, 3.05) is 5.32 Å². The quantitative estimate of drug-likeness (QED) is 0.792. The van der Waals surface area contributed by atoms with Gasteiger partial charge in [0, 0.05) is 16.6 Å². The molecule has 3 rings (SSSR count). The Kier molecular flexibility index (Phi) is 3.11. The summed E-state index contributed by atoms with van der Waals surface area (Å²) in [5.41, 5.74) is 3.51. The molecule has 0 bridgehead atoms. The Morgan fingerprint density at radius 1 is 1.26 bits per heavy atom. The number of fused-ring (bicyclic) bond motifs is 3. The highest BCUT2D eigenvalue weighted by Crippen LogP contribution is 2.57. The van der Waals surface area contributed by atoms with Crippen molar-refractivity contribution in [2.45, 2.75) is 70.3 Å². The minimum absolute atomic E-state index is 0.254. The van der Waals surface area contributed by atoms with Gasteiger partial charge in [0.2, 0.25) is 0 Å². The standard InChI is InChI=1S/C18H27N/c1-4-5-9-14-10-8-13-17(2)15-11-6-7-12-16(15)19-18(14,17)3/h6-7,11-12,14,19H,4-5,8-10,13H2,1-3H3. The molecular formula is C18H27N. The van der Waals surface area contributed by atoms with Crippen LogP contribution in [0, 0.1) is 5.92 Å². The van der Waals surface area contributed by atoms with Gasteiger partial charge in [-0.25, -0.2) is 0 Å². The van der Waals surface area contributed by atoms with Crippen LogP contribution in [0.3, 0.4) is 0 Å². The molecule has 1 nitrogen and oxygen atoms in total. The van der Waals surface area contributed by atoms with Gasteiger partial charge in [0.25, 0.3) is 0 Å². The van der Waals surface area contributed by atoms with Crippen LogP contribution in [-0.4, -0.2) is 5.54 Å². The highest BCUT2D eigenvalue weighted by atomic mass is 15.1. The second-order valence-electron chi connectivity index (χ2n) is 6.94. The van der Waals surface area contributed by atoms with E-state index in [4.69, 9.17) is 0 Å². The van der Waals surface area contributed by atoms with Gasteiger partial charge in [-0.3, -0.25) is 0 Å². The number of hydrogen-bond donors (Lipinski definition) is 1. The molecule has 19 heavy (non-hydrogen) atoms. The monoisotopic (exact) mass is 257 g/mol. The second kappa shape index (κ2) is 4.54. The van der Waals surface area contributed by atoms with E-state index < -0.39 is 0 Å². The van der Waals surface area contributed by atoms with Crippen LogP contribution in [0.15, 0.2) is 24.3 Å². The lowest BCUT2D eigenvalue weighted by Crippen LogP contribution is -2.56. The van der Waals surface area contributed by atoms with Crippen molar-refractivity contribution in [3.05, 3.63) is 29.8 Å². The third kappa shape index (κ3) is 1.74. The highest BCUT2D eigenvalue weighted by molar-refractivity contribution is 5.64. The fourth-order valence-electron chi connectivity index (χ4n) is 4.59. The van der Waals surface area contributed by atoms with Crippen LogP contribution >= 0.6 is 0 Å². The van der Waals surface area contributed by atoms with E-state index in [2.05, 4.69) is 50.4 Å². The van der Waals surface area contributed by atoms with E-state index >= 15 is 0 Å². The molecule has 1 fully saturated rings. The Hall–Kier alpha value is -0.980. The molecule has 0 amide bonds. The summed E-state index contributed by atoms with van der Waals surface area (Å²) < 4.78 is 0. The Bertz CT molecular complexity index is 467. The molecule has 1 aliphatic carbocycles. The molecule has 1 aromatic carbocycles. The first-order valence-electron chi connectivity index (χ1n) is 7.99. The summed E-state index contributed by atoms with van der Waals surface area (Å²) in [7, 11) is 0. The molecule has 0 aromatic heterocycles. The lowest BCUT2D eigenvalue weighted by molar-refractivity contribution is 0.126. The van der Waals surface area contributed by atoms with Crippen LogP contribution in [-0.2, 0) is 5.41 Å². The van der Waals surface area contributed by atoms with Crippen LogP contribution in [0.4, 0.5) is 5.69 Å². The average molecular weight is 257 g/mol. The predicted octanol–water partition coefficient (Wildman–Crippen LogP) is 5.12. The first kappa shape index (κ1) is 13.0. The van der Waals surface area contributed by atoms with Gasteiger partial charge in [-0.2, -0.15) is 0 Å². The van der Waals surface area contributed by atoms with Crippen LogP contribution in [0.5, 0.6) is 0 Å². The van der Waals surface area contributed by atoms with E-state index in [1.807, 2.05) is 0 Å². The molecule has 104 valence electrons. The van der Waals surface area contributed by atoms with E-state index in [0.717, 1.165) is 5.92 Å². The van der Waals surface area contributed by atoms with Gasteiger partial charge in [0.15, 0.2) is 0 Å². The number of rotatable bonds is 3. The van der Waals surface area contributed by atoms with Crippen LogP contribution < -0.4 is 5.32 Å². The Labute approximate surface area is 117 Å². The molecule has 0 spiro atoms. The summed E-state index contributed by atoms with van der Waals surface area (Å²) in [6.45, 7) is 7.28. The molecule has 1 heterocycles. The number of hydrogen-bond acceptors (Lipinski definition) is 1. The summed E-state index contributed by atoms with van der Waals surface area (Å²) >= 11 is 0. The number of unbranched alkanes of at least 4 members (excludes halogenated alkanes) is 1. The van der Waals surface area contributed by atoms with Gasteiger partial charge in [-0.05, 0) is 43.7 Å². The molecular weight excluding hydrogens is 230 g/mol. The zero-order valence-electron chi connectivity index (χ0n) is 12.6. The van der Waals surface area contributed by atoms with Gasteiger partial charge in [0.1, 0.15) is 0 Å². The summed E-state index contributed by atoms with van der Waals surface area (Å²) in [6.07, 6.45) is 8.17. The summed E-state index contributed by atoms with van der Waals surface area (Å²) in [5, 5.41) is 3.91. The number of para-hydroxylation sites is 1. The number of anilines is 1. The smallest absolute Gasteiger partial charge is 0.0468 e. The Balaban J connectivity index is 1.98. The first-order valence-corrected chi connectivity index (χ1v) is 7.99. The maximum Gasteiger partial charge on any atom is 0.0468 e. The van der Waals surface area contributed by atoms with Crippen molar-refractivity contribution in [3.8, 4) is 0 Å². The Morgan fingerprint density at radius 2 is 2.05 bits per heavy atom. The van der Waals surface area contributed by atoms with Crippen molar-refractivity contribution in [3.63, 3.8) is 0 Å². The van der Waals surface area contributed by atoms with Gasteiger partial charge >= 0.3 is 0 Å². The number of nitrogens with one attached hydrogen (secondary N) is 1. The molecule has 1 saturated carbocycles. The SMILES string of the molecule is CCCCC1CCCC2(C)c3ccccc3NC12C. The molecule has 3 atom stereocenters. The van der Waals surface area contributed by atoms with Gasteiger partial charge in [0.05, 0.1) is 0 Å². The molecule has 2 aliphatic rings. The van der Waals surface area contributed by atoms with Crippen molar-refractivity contribution < 1.29 is 0 Å². The van der Waals surface area contributed by atoms with Crippen molar-refractivity contribution in [1.82, 2.24) is 0 Å². The predicted molar refractivity (Wildman–Crippen MR) is 82.7 cm³/mol. The molecule has 1 N–H and O–H groups in total. The van der Waals surface area contributed by atoms with Gasteiger partial charge < -0.3 is 5.32 Å². The second-order valence-corrected chi connectivity index (χ2v) is 6.94. The van der Waals surface area contributed by atoms with Crippen LogP contribution in [0.1, 0.15) is 64.9 Å². The number of benzene rings is 1. The van der Waals surface area contributed by atoms with E-state index in [1.165, 1.54) is 44.2 Å². The fourth-order valence-corrected chi connectivity index (χ4v) is 4.59. The van der Waals surface area contributed by atoms with Crippen molar-refractivity contribution >= 4 is 5.69 Å². The van der Waals surface area contributed by atoms with Crippen molar-refractivity contribution in [1.29, 1.82) is 0 Å². The Morgan fingerprint density at radius 3 is 2.84 bits per heavy atom. The third-order valence-electron chi connectivity index (χ3n) is 6.01. The normalized spacial score (nSPS) is 36.5. The summed E-state index contributed by atoms with van der Waals surface area (Å²) in [4.78, 5) is 0. The molecule has 1 aliphatic heterocycles. The maximum atomic E-state index is 3.91. The fraction of sp³-hybridized carbons (Fsp3) is 0.667. The lowest BCUT2D eigenvalue weighted by atomic mass is 9.56. The minimum atomic E-state index is 0.254. The topological polar surface area (TPSA) is 12.0 Å². The lowest BCUT2D eigenvalue weighted by Gasteiger charge is -2.51. The average Bonchev–Trinajstić information content (AvgIpc) is 2.65. The first-order chi connectivity index (χ1) is 9.12. The van der Waals surface area contributed by atoms with Crippen LogP contribution in [0.2, 0.25) is 0 Å². The zero-order valence-corrected chi connectivity index (χ0v) is 12.6. The molecule has 0 saturated heterocycles. The molecule has 1 aromatic rings. The molecule has 0 radical (unpaired) electrons. The van der Waals surface area contributed by atoms with E-state index in [-0.39, 0.29) is 5.54 Å². The summed E-state index contributed by atoms with van der Waals surface area (Å²) in [5.74, 6) is 0.818. The van der Waals surface area contributed by atoms with Crippen LogP contribution in [0.25, 0.3) is 0 Å². The van der Waals surface area contributed by atoms with Gasteiger partial charge in [-0.1, -0.05) is 51.3 Å². The minimum Gasteiger partial charge on any atom is -0.378 e.